The summed E-state index contributed by atoms with van der Waals surface area (Å²) in [7, 11) is -3.37. The fraction of sp³-hybridized carbons (Fsp3) is 0.667. The number of piperidine rings is 1. The van der Waals surface area contributed by atoms with Crippen LogP contribution in [0.3, 0.4) is 0 Å². The third-order valence-corrected chi connectivity index (χ3v) is 7.67. The van der Waals surface area contributed by atoms with Crippen molar-refractivity contribution in [2.24, 2.45) is 10.9 Å². The summed E-state index contributed by atoms with van der Waals surface area (Å²) in [6, 6.07) is 9.26. The molecule has 0 radical (unpaired) electrons. The van der Waals surface area contributed by atoms with E-state index in [1.54, 1.807) is 28.6 Å². The molecule has 156 valence electrons. The molecule has 2 aliphatic rings. The number of benzene rings is 1. The molecular weight excluding hydrogens is 372 g/mol. The van der Waals surface area contributed by atoms with Crippen molar-refractivity contribution in [3.05, 3.63) is 30.3 Å². The summed E-state index contributed by atoms with van der Waals surface area (Å²) in [6.45, 7) is 4.84. The van der Waals surface area contributed by atoms with E-state index in [1.165, 1.54) is 32.1 Å². The minimum Gasteiger partial charge on any atom is -0.357 e. The van der Waals surface area contributed by atoms with Crippen LogP contribution in [0.1, 0.15) is 51.9 Å². The first-order valence-corrected chi connectivity index (χ1v) is 12.1. The second-order valence-electron chi connectivity index (χ2n) is 7.86. The van der Waals surface area contributed by atoms with E-state index in [0.29, 0.717) is 29.9 Å². The molecule has 0 amide bonds. The predicted molar refractivity (Wildman–Crippen MR) is 114 cm³/mol. The van der Waals surface area contributed by atoms with Crippen LogP contribution < -0.4 is 10.6 Å². The van der Waals surface area contributed by atoms with Gasteiger partial charge in [0.05, 0.1) is 4.90 Å². The molecule has 2 N–H and O–H groups in total. The van der Waals surface area contributed by atoms with E-state index in [4.69, 9.17) is 4.99 Å². The quantitative estimate of drug-likeness (QED) is 0.563. The van der Waals surface area contributed by atoms with Gasteiger partial charge in [0.15, 0.2) is 5.96 Å². The summed E-state index contributed by atoms with van der Waals surface area (Å²) < 4.78 is 27.1. The normalized spacial score (nSPS) is 20.8. The average Bonchev–Trinajstić information content (AvgIpc) is 2.74. The Bertz CT molecular complexity index is 722. The maximum atomic E-state index is 12.7. The predicted octanol–water partition coefficient (Wildman–Crippen LogP) is 2.98. The Morgan fingerprint density at radius 1 is 1.07 bits per heavy atom. The van der Waals surface area contributed by atoms with Gasteiger partial charge < -0.3 is 10.6 Å². The van der Waals surface area contributed by atoms with E-state index >= 15 is 0 Å². The van der Waals surface area contributed by atoms with E-state index in [2.05, 4.69) is 17.6 Å². The first-order valence-electron chi connectivity index (χ1n) is 10.7. The summed E-state index contributed by atoms with van der Waals surface area (Å²) >= 11 is 0. The van der Waals surface area contributed by atoms with Gasteiger partial charge in [-0.1, -0.05) is 37.5 Å². The second kappa shape index (κ2) is 10.3. The average molecular weight is 407 g/mol. The third kappa shape index (κ3) is 5.70. The SMILES string of the molecule is CCNC(=NCC1CCN(S(=O)(=O)c2ccccc2)CC1)NC1CCCCC1. The zero-order valence-electron chi connectivity index (χ0n) is 16.9. The largest absolute Gasteiger partial charge is 0.357 e. The lowest BCUT2D eigenvalue weighted by Crippen LogP contribution is -2.44. The molecule has 1 aromatic rings. The van der Waals surface area contributed by atoms with Crippen LogP contribution in [-0.2, 0) is 10.0 Å². The van der Waals surface area contributed by atoms with E-state index in [0.717, 1.165) is 31.9 Å². The van der Waals surface area contributed by atoms with Crippen molar-refractivity contribution in [3.8, 4) is 0 Å². The van der Waals surface area contributed by atoms with Crippen LogP contribution in [0.15, 0.2) is 40.2 Å². The van der Waals surface area contributed by atoms with Crippen LogP contribution in [-0.4, -0.2) is 50.9 Å². The zero-order chi connectivity index (χ0) is 19.8. The molecular formula is C21H34N4O2S. The number of hydrogen-bond acceptors (Lipinski definition) is 3. The highest BCUT2D eigenvalue weighted by Gasteiger charge is 2.29. The van der Waals surface area contributed by atoms with Gasteiger partial charge >= 0.3 is 0 Å². The number of nitrogens with zero attached hydrogens (tertiary/aromatic N) is 2. The fourth-order valence-electron chi connectivity index (χ4n) is 4.05. The van der Waals surface area contributed by atoms with E-state index in [1.807, 2.05) is 6.07 Å². The highest BCUT2D eigenvalue weighted by atomic mass is 32.2. The smallest absolute Gasteiger partial charge is 0.243 e. The lowest BCUT2D eigenvalue weighted by atomic mass is 9.96. The summed E-state index contributed by atoms with van der Waals surface area (Å²) in [5.41, 5.74) is 0. The molecule has 3 rings (SSSR count). The zero-order valence-corrected chi connectivity index (χ0v) is 17.8. The number of hydrogen-bond donors (Lipinski definition) is 2. The standard InChI is InChI=1S/C21H34N4O2S/c1-2-22-21(24-19-9-5-3-6-10-19)23-17-18-13-15-25(16-14-18)28(26,27)20-11-7-4-8-12-20/h4,7-8,11-12,18-19H,2-3,5-6,9-10,13-17H2,1H3,(H2,22,23,24). The van der Waals surface area contributed by atoms with Crippen molar-refractivity contribution in [2.45, 2.75) is 62.8 Å². The number of aliphatic imine (C=N–C) groups is 1. The van der Waals surface area contributed by atoms with Crippen LogP contribution in [0.2, 0.25) is 0 Å². The molecule has 6 nitrogen and oxygen atoms in total. The summed E-state index contributed by atoms with van der Waals surface area (Å²) in [6.07, 6.45) is 8.10. The molecule has 28 heavy (non-hydrogen) atoms. The van der Waals surface area contributed by atoms with Gasteiger partial charge in [0.1, 0.15) is 0 Å². The van der Waals surface area contributed by atoms with Gasteiger partial charge in [0.2, 0.25) is 10.0 Å². The van der Waals surface area contributed by atoms with E-state index < -0.39 is 10.0 Å². The van der Waals surface area contributed by atoms with Crippen LogP contribution in [0.4, 0.5) is 0 Å². The highest BCUT2D eigenvalue weighted by Crippen LogP contribution is 2.24. The van der Waals surface area contributed by atoms with Crippen molar-refractivity contribution < 1.29 is 8.42 Å². The molecule has 1 aliphatic heterocycles. The highest BCUT2D eigenvalue weighted by molar-refractivity contribution is 7.89. The van der Waals surface area contributed by atoms with Crippen LogP contribution in [0, 0.1) is 5.92 Å². The lowest BCUT2D eigenvalue weighted by molar-refractivity contribution is 0.278. The Hall–Kier alpha value is -1.60. The van der Waals surface area contributed by atoms with Gasteiger partial charge in [-0.05, 0) is 50.7 Å². The third-order valence-electron chi connectivity index (χ3n) is 5.75. The van der Waals surface area contributed by atoms with E-state index in [-0.39, 0.29) is 0 Å². The van der Waals surface area contributed by atoms with Gasteiger partial charge in [-0.3, -0.25) is 4.99 Å². The Kier molecular flexibility index (Phi) is 7.73. The van der Waals surface area contributed by atoms with Gasteiger partial charge in [-0.2, -0.15) is 4.31 Å². The topological polar surface area (TPSA) is 73.8 Å². The van der Waals surface area contributed by atoms with Crippen molar-refractivity contribution in [1.29, 1.82) is 0 Å². The molecule has 0 aromatic heterocycles. The van der Waals surface area contributed by atoms with Crippen molar-refractivity contribution in [2.75, 3.05) is 26.2 Å². The molecule has 1 heterocycles. The minimum absolute atomic E-state index is 0.387. The van der Waals surface area contributed by atoms with Crippen LogP contribution >= 0.6 is 0 Å². The molecule has 0 unspecified atom stereocenters. The lowest BCUT2D eigenvalue weighted by Gasteiger charge is -2.31. The summed E-state index contributed by atoms with van der Waals surface area (Å²) in [5.74, 6) is 1.35. The molecule has 7 heteroatoms. The number of rotatable bonds is 6. The Balaban J connectivity index is 1.51. The molecule has 1 aromatic carbocycles. The Morgan fingerprint density at radius 3 is 2.39 bits per heavy atom. The van der Waals surface area contributed by atoms with Crippen LogP contribution in [0.25, 0.3) is 0 Å². The van der Waals surface area contributed by atoms with Crippen LogP contribution in [0.5, 0.6) is 0 Å². The number of sulfonamides is 1. The monoisotopic (exact) mass is 406 g/mol. The minimum atomic E-state index is -3.37. The van der Waals surface area contributed by atoms with E-state index in [9.17, 15) is 8.42 Å². The first-order chi connectivity index (χ1) is 13.6. The molecule has 1 aliphatic carbocycles. The van der Waals surface area contributed by atoms with Crippen molar-refractivity contribution >= 4 is 16.0 Å². The molecule has 0 atom stereocenters. The Morgan fingerprint density at radius 2 is 1.75 bits per heavy atom. The molecule has 0 spiro atoms. The first kappa shape index (κ1) is 21.1. The van der Waals surface area contributed by atoms with Crippen molar-refractivity contribution in [3.63, 3.8) is 0 Å². The van der Waals surface area contributed by atoms with Gasteiger partial charge in [0, 0.05) is 32.2 Å². The fourth-order valence-corrected chi connectivity index (χ4v) is 5.55. The summed E-state index contributed by atoms with van der Waals surface area (Å²) in [4.78, 5) is 5.19. The summed E-state index contributed by atoms with van der Waals surface area (Å²) in [5, 5.41) is 6.94. The molecule has 1 saturated heterocycles. The Labute approximate surface area is 169 Å². The maximum Gasteiger partial charge on any atom is 0.243 e. The molecule has 0 bridgehead atoms. The number of guanidine groups is 1. The van der Waals surface area contributed by atoms with Gasteiger partial charge in [0.25, 0.3) is 0 Å². The van der Waals surface area contributed by atoms with Crippen molar-refractivity contribution in [1.82, 2.24) is 14.9 Å². The van der Waals surface area contributed by atoms with Gasteiger partial charge in [-0.15, -0.1) is 0 Å². The van der Waals surface area contributed by atoms with Gasteiger partial charge in [-0.25, -0.2) is 8.42 Å². The number of nitrogens with one attached hydrogen (secondary N) is 2. The second-order valence-corrected chi connectivity index (χ2v) is 9.80. The molecule has 1 saturated carbocycles. The molecule has 2 fully saturated rings. The maximum absolute atomic E-state index is 12.7.